The average molecular weight is 213 g/mol. The van der Waals surface area contributed by atoms with Gasteiger partial charge in [0.05, 0.1) is 11.8 Å². The van der Waals surface area contributed by atoms with E-state index in [0.717, 1.165) is 29.6 Å². The van der Waals surface area contributed by atoms with Crippen molar-refractivity contribution < 1.29 is 4.57 Å². The summed E-state index contributed by atoms with van der Waals surface area (Å²) in [5, 5.41) is 0. The lowest BCUT2D eigenvalue weighted by atomic mass is 10.2. The van der Waals surface area contributed by atoms with Gasteiger partial charge < -0.3 is 4.90 Å². The summed E-state index contributed by atoms with van der Waals surface area (Å²) < 4.78 is 2.12. The molecule has 3 heterocycles. The summed E-state index contributed by atoms with van der Waals surface area (Å²) in [6.45, 7) is 2.83. The third-order valence-corrected chi connectivity index (χ3v) is 2.89. The zero-order chi connectivity index (χ0) is 11.1. The summed E-state index contributed by atoms with van der Waals surface area (Å²) in [5.74, 6) is 2.80. The van der Waals surface area contributed by atoms with E-state index in [0.29, 0.717) is 0 Å². The molecule has 16 heavy (non-hydrogen) atoms. The quantitative estimate of drug-likeness (QED) is 0.597. The van der Waals surface area contributed by atoms with Crippen LogP contribution in [0.15, 0.2) is 46.2 Å². The van der Waals surface area contributed by atoms with Crippen molar-refractivity contribution >= 4 is 17.5 Å². The van der Waals surface area contributed by atoms with Crippen LogP contribution in [0.1, 0.15) is 6.92 Å². The molecule has 0 aromatic carbocycles. The van der Waals surface area contributed by atoms with Gasteiger partial charge in [0, 0.05) is 19.3 Å². The van der Waals surface area contributed by atoms with Crippen LogP contribution in [0.25, 0.3) is 0 Å². The number of aliphatic imine (C=N–C) groups is 2. The van der Waals surface area contributed by atoms with Gasteiger partial charge in [-0.05, 0) is 18.0 Å². The van der Waals surface area contributed by atoms with Gasteiger partial charge >= 0.3 is 5.82 Å². The molecule has 0 spiro atoms. The third-order valence-electron chi connectivity index (χ3n) is 2.89. The van der Waals surface area contributed by atoms with Crippen LogP contribution in [0.2, 0.25) is 0 Å². The Morgan fingerprint density at radius 1 is 1.31 bits per heavy atom. The molecule has 0 bridgehead atoms. The number of aromatic nitrogens is 1. The molecule has 4 nitrogen and oxygen atoms in total. The van der Waals surface area contributed by atoms with Crippen LogP contribution in [0.5, 0.6) is 0 Å². The van der Waals surface area contributed by atoms with Crippen molar-refractivity contribution in [2.75, 3.05) is 7.05 Å². The summed E-state index contributed by atoms with van der Waals surface area (Å²) in [5.41, 5.74) is 1.16. The van der Waals surface area contributed by atoms with Gasteiger partial charge in [-0.2, -0.15) is 4.99 Å². The summed E-state index contributed by atoms with van der Waals surface area (Å²) in [4.78, 5) is 11.1. The molecule has 2 aliphatic rings. The van der Waals surface area contributed by atoms with Crippen LogP contribution in [0.3, 0.4) is 0 Å². The van der Waals surface area contributed by atoms with Crippen molar-refractivity contribution in [1.82, 2.24) is 4.90 Å². The monoisotopic (exact) mass is 213 g/mol. The fourth-order valence-electron chi connectivity index (χ4n) is 1.89. The van der Waals surface area contributed by atoms with Gasteiger partial charge in [-0.25, -0.2) is 4.57 Å². The maximum absolute atomic E-state index is 4.55. The molecule has 80 valence electrons. The minimum Gasteiger partial charge on any atom is -0.339 e. The molecule has 0 N–H and O–H groups in total. The van der Waals surface area contributed by atoms with Gasteiger partial charge in [-0.1, -0.05) is 6.07 Å². The zero-order valence-corrected chi connectivity index (χ0v) is 9.38. The van der Waals surface area contributed by atoms with Gasteiger partial charge in [0.2, 0.25) is 0 Å². The van der Waals surface area contributed by atoms with E-state index in [1.54, 1.807) is 0 Å². The number of hydrogen-bond acceptors (Lipinski definition) is 3. The second-order valence-corrected chi connectivity index (χ2v) is 4.05. The first-order valence-electron chi connectivity index (χ1n) is 5.30. The maximum atomic E-state index is 4.55. The maximum Gasteiger partial charge on any atom is 0.325 e. The number of rotatable bonds is 0. The Morgan fingerprint density at radius 3 is 3.06 bits per heavy atom. The molecule has 0 atom stereocenters. The average Bonchev–Trinajstić information content (AvgIpc) is 2.28. The molecule has 1 aromatic rings. The first-order chi connectivity index (χ1) is 7.74. The molecule has 2 aliphatic heterocycles. The molecule has 0 unspecified atom stereocenters. The molecule has 1 aromatic heterocycles. The van der Waals surface area contributed by atoms with E-state index in [-0.39, 0.29) is 0 Å². The third kappa shape index (κ3) is 1.34. The van der Waals surface area contributed by atoms with E-state index < -0.39 is 0 Å². The second kappa shape index (κ2) is 3.27. The SMILES string of the molecule is CC1=NC2=Nc3cccc[n+]3CC2=CN1C. The summed E-state index contributed by atoms with van der Waals surface area (Å²) in [6, 6.07) is 6.02. The van der Waals surface area contributed by atoms with Gasteiger partial charge in [0.1, 0.15) is 12.4 Å². The highest BCUT2D eigenvalue weighted by atomic mass is 15.2. The summed E-state index contributed by atoms with van der Waals surface area (Å²) in [6.07, 6.45) is 4.14. The lowest BCUT2D eigenvalue weighted by molar-refractivity contribution is -0.676. The topological polar surface area (TPSA) is 31.8 Å². The van der Waals surface area contributed by atoms with Gasteiger partial charge in [-0.3, -0.25) is 0 Å². The fraction of sp³-hybridized carbons (Fsp3) is 0.250. The predicted octanol–water partition coefficient (Wildman–Crippen LogP) is 1.27. The van der Waals surface area contributed by atoms with E-state index >= 15 is 0 Å². The number of hydrogen-bond donors (Lipinski definition) is 0. The van der Waals surface area contributed by atoms with Crippen molar-refractivity contribution in [2.45, 2.75) is 13.5 Å². The molecule has 0 saturated heterocycles. The smallest absolute Gasteiger partial charge is 0.325 e. The Morgan fingerprint density at radius 2 is 2.19 bits per heavy atom. The molecular weight excluding hydrogens is 200 g/mol. The Hall–Kier alpha value is -1.97. The lowest BCUT2D eigenvalue weighted by Gasteiger charge is -2.21. The molecule has 0 radical (unpaired) electrons. The van der Waals surface area contributed by atoms with Crippen molar-refractivity contribution in [3.8, 4) is 0 Å². The normalized spacial score (nSPS) is 18.1. The van der Waals surface area contributed by atoms with E-state index in [2.05, 4.69) is 20.8 Å². The van der Waals surface area contributed by atoms with Gasteiger partial charge in [-0.15, -0.1) is 0 Å². The van der Waals surface area contributed by atoms with Crippen LogP contribution in [0.4, 0.5) is 5.82 Å². The highest BCUT2D eigenvalue weighted by molar-refractivity contribution is 6.09. The van der Waals surface area contributed by atoms with E-state index in [1.807, 2.05) is 43.3 Å². The number of amidine groups is 2. The molecule has 0 fully saturated rings. The minimum atomic E-state index is 0.843. The standard InChI is InChI=1S/C12H13N4/c1-9-13-12-10(7-15(9)2)8-16-6-4-3-5-11(16)14-12/h3-7H,8H2,1-2H3/q+1. The van der Waals surface area contributed by atoms with Gasteiger partial charge in [0.25, 0.3) is 5.84 Å². The Labute approximate surface area is 94.3 Å². The molecule has 4 heteroatoms. The van der Waals surface area contributed by atoms with Crippen molar-refractivity contribution in [3.05, 3.63) is 36.2 Å². The van der Waals surface area contributed by atoms with Crippen molar-refractivity contribution in [2.24, 2.45) is 9.98 Å². The largest absolute Gasteiger partial charge is 0.339 e. The van der Waals surface area contributed by atoms with Crippen LogP contribution in [0, 0.1) is 0 Å². The van der Waals surface area contributed by atoms with Crippen molar-refractivity contribution in [1.29, 1.82) is 0 Å². The summed E-state index contributed by atoms with van der Waals surface area (Å²) in [7, 11) is 2.01. The van der Waals surface area contributed by atoms with Crippen LogP contribution in [-0.4, -0.2) is 23.6 Å². The van der Waals surface area contributed by atoms with Crippen molar-refractivity contribution in [3.63, 3.8) is 0 Å². The molecule has 0 aliphatic carbocycles. The molecular formula is C12H13N4+. The number of nitrogens with zero attached hydrogens (tertiary/aromatic N) is 4. The highest BCUT2D eigenvalue weighted by Gasteiger charge is 2.27. The second-order valence-electron chi connectivity index (χ2n) is 4.05. The van der Waals surface area contributed by atoms with Crippen LogP contribution < -0.4 is 4.57 Å². The van der Waals surface area contributed by atoms with Crippen LogP contribution >= 0.6 is 0 Å². The van der Waals surface area contributed by atoms with E-state index in [4.69, 9.17) is 0 Å². The summed E-state index contributed by atoms with van der Waals surface area (Å²) >= 11 is 0. The zero-order valence-electron chi connectivity index (χ0n) is 9.38. The Balaban J connectivity index is 2.13. The molecule has 0 saturated carbocycles. The number of fused-ring (bicyclic) bond motifs is 2. The van der Waals surface area contributed by atoms with E-state index in [1.165, 1.54) is 0 Å². The molecule has 0 amide bonds. The van der Waals surface area contributed by atoms with E-state index in [9.17, 15) is 0 Å². The first kappa shape index (κ1) is 9.27. The first-order valence-corrected chi connectivity index (χ1v) is 5.30. The fourth-order valence-corrected chi connectivity index (χ4v) is 1.89. The predicted molar refractivity (Wildman–Crippen MR) is 62.7 cm³/mol. The highest BCUT2D eigenvalue weighted by Crippen LogP contribution is 2.18. The van der Waals surface area contributed by atoms with Gasteiger partial charge in [0.15, 0.2) is 0 Å². The molecule has 3 rings (SSSR count). The lowest BCUT2D eigenvalue weighted by Crippen LogP contribution is -2.41. The van der Waals surface area contributed by atoms with Crippen LogP contribution in [-0.2, 0) is 6.54 Å². The number of pyridine rings is 1. The Kier molecular flexibility index (Phi) is 1.89. The Bertz CT molecular complexity index is 540. The minimum absolute atomic E-state index is 0.843.